The molecular weight excluding hydrogens is 338 g/mol. The predicted octanol–water partition coefficient (Wildman–Crippen LogP) is 4.94. The number of oxime groups is 1. The van der Waals surface area contributed by atoms with Crippen LogP contribution in [0, 0.1) is 0 Å². The minimum atomic E-state index is -0.497. The summed E-state index contributed by atoms with van der Waals surface area (Å²) >= 11 is 5.90. The highest BCUT2D eigenvalue weighted by Crippen LogP contribution is 2.26. The first-order valence-corrected chi connectivity index (χ1v) is 8.01. The van der Waals surface area contributed by atoms with Crippen molar-refractivity contribution in [1.29, 1.82) is 0 Å². The Morgan fingerprint density at radius 1 is 0.880 bits per heavy atom. The lowest BCUT2D eigenvalue weighted by atomic mass is 10.0. The Hall–Kier alpha value is -3.11. The lowest BCUT2D eigenvalue weighted by molar-refractivity contribution is -0.136. The topological polar surface area (TPSA) is 51.8 Å². The van der Waals surface area contributed by atoms with Gasteiger partial charge in [0.15, 0.2) is 0 Å². The molecule has 0 spiro atoms. The third-order valence-corrected chi connectivity index (χ3v) is 4.04. The van der Waals surface area contributed by atoms with Crippen molar-refractivity contribution in [2.75, 3.05) is 0 Å². The van der Waals surface area contributed by atoms with Crippen LogP contribution in [-0.2, 0) is 9.63 Å². The van der Waals surface area contributed by atoms with E-state index in [-0.39, 0.29) is 0 Å². The fraction of sp³-hybridized carbons (Fsp3) is 0. The monoisotopic (exact) mass is 349 g/mol. The number of carbonyl (C=O) groups is 1. The maximum atomic E-state index is 12.0. The molecule has 4 nitrogen and oxygen atoms in total. The second kappa shape index (κ2) is 6.42. The number of hydrogen-bond donors (Lipinski definition) is 0. The Balaban J connectivity index is 1.67. The van der Waals surface area contributed by atoms with E-state index in [9.17, 15) is 4.79 Å². The van der Waals surface area contributed by atoms with Crippen molar-refractivity contribution in [2.24, 2.45) is 5.16 Å². The van der Waals surface area contributed by atoms with Gasteiger partial charge in [0.2, 0.25) is 0 Å². The third-order valence-electron chi connectivity index (χ3n) is 3.78. The average molecular weight is 350 g/mol. The van der Waals surface area contributed by atoms with Crippen LogP contribution in [0.1, 0.15) is 11.3 Å². The van der Waals surface area contributed by atoms with Gasteiger partial charge < -0.3 is 9.25 Å². The smallest absolute Gasteiger partial charge is 0.368 e. The molecule has 0 fully saturated rings. The van der Waals surface area contributed by atoms with E-state index >= 15 is 0 Å². The summed E-state index contributed by atoms with van der Waals surface area (Å²) in [5.41, 5.74) is 2.57. The zero-order valence-electron chi connectivity index (χ0n) is 13.0. The number of halogens is 1. The number of rotatable bonds is 3. The molecule has 1 aliphatic rings. The van der Waals surface area contributed by atoms with Crippen LogP contribution in [0.25, 0.3) is 17.4 Å². The largest absolute Gasteiger partial charge is 0.457 e. The summed E-state index contributed by atoms with van der Waals surface area (Å²) in [6, 6.07) is 20.4. The normalized spacial score (nSPS) is 15.3. The summed E-state index contributed by atoms with van der Waals surface area (Å²) in [6.45, 7) is 0. The van der Waals surface area contributed by atoms with Crippen molar-refractivity contribution < 1.29 is 14.0 Å². The van der Waals surface area contributed by atoms with E-state index in [1.807, 2.05) is 48.5 Å². The standard InChI is InChI=1S/C20H12ClNO3/c21-15-8-6-13(7-9-15)18-11-10-16(24-18)12-17-19(22-25-20(17)23)14-4-2-1-3-5-14/h1-12H. The van der Waals surface area contributed by atoms with Crippen LogP contribution in [0.4, 0.5) is 0 Å². The molecule has 0 saturated heterocycles. The number of furan rings is 1. The van der Waals surface area contributed by atoms with Gasteiger partial charge in [0.05, 0.1) is 5.57 Å². The van der Waals surface area contributed by atoms with Gasteiger partial charge in [0.25, 0.3) is 0 Å². The lowest BCUT2D eigenvalue weighted by Gasteiger charge is -1.99. The molecule has 1 aliphatic heterocycles. The molecule has 2 aromatic carbocycles. The molecule has 0 saturated carbocycles. The Kier molecular flexibility index (Phi) is 3.96. The molecule has 0 N–H and O–H groups in total. The maximum Gasteiger partial charge on any atom is 0.368 e. The third kappa shape index (κ3) is 3.12. The van der Waals surface area contributed by atoms with E-state index < -0.39 is 5.97 Å². The Labute approximate surface area is 149 Å². The van der Waals surface area contributed by atoms with Crippen molar-refractivity contribution in [1.82, 2.24) is 0 Å². The van der Waals surface area contributed by atoms with Crippen LogP contribution in [0.5, 0.6) is 0 Å². The molecule has 122 valence electrons. The average Bonchev–Trinajstić information content (AvgIpc) is 3.24. The Morgan fingerprint density at radius 2 is 1.64 bits per heavy atom. The number of carbonyl (C=O) groups excluding carboxylic acids is 1. The highest BCUT2D eigenvalue weighted by Gasteiger charge is 2.27. The highest BCUT2D eigenvalue weighted by molar-refractivity contribution is 6.31. The predicted molar refractivity (Wildman–Crippen MR) is 96.2 cm³/mol. The SMILES string of the molecule is O=C1ON=C(c2ccccc2)C1=Cc1ccc(-c2ccc(Cl)cc2)o1. The van der Waals surface area contributed by atoms with Gasteiger partial charge in [0, 0.05) is 16.1 Å². The molecule has 0 radical (unpaired) electrons. The van der Waals surface area contributed by atoms with Gasteiger partial charge in [-0.2, -0.15) is 0 Å². The van der Waals surface area contributed by atoms with E-state index in [0.717, 1.165) is 11.1 Å². The van der Waals surface area contributed by atoms with E-state index in [2.05, 4.69) is 5.16 Å². The summed E-state index contributed by atoms with van der Waals surface area (Å²) < 4.78 is 5.82. The quantitative estimate of drug-likeness (QED) is 0.497. The first kappa shape index (κ1) is 15.4. The van der Waals surface area contributed by atoms with Crippen molar-refractivity contribution in [3.8, 4) is 11.3 Å². The first-order chi connectivity index (χ1) is 12.2. The molecule has 5 heteroatoms. The fourth-order valence-corrected chi connectivity index (χ4v) is 2.68. The van der Waals surface area contributed by atoms with E-state index in [0.29, 0.717) is 27.8 Å². The Morgan fingerprint density at radius 3 is 2.40 bits per heavy atom. The van der Waals surface area contributed by atoms with Gasteiger partial charge in [-0.25, -0.2) is 4.79 Å². The molecular formula is C20H12ClNO3. The van der Waals surface area contributed by atoms with E-state index in [4.69, 9.17) is 20.9 Å². The van der Waals surface area contributed by atoms with Gasteiger partial charge >= 0.3 is 5.97 Å². The van der Waals surface area contributed by atoms with E-state index in [1.54, 1.807) is 24.3 Å². The number of nitrogens with zero attached hydrogens (tertiary/aromatic N) is 1. The zero-order chi connectivity index (χ0) is 17.2. The molecule has 25 heavy (non-hydrogen) atoms. The molecule has 2 heterocycles. The summed E-state index contributed by atoms with van der Waals surface area (Å²) in [5.74, 6) is 0.735. The van der Waals surface area contributed by atoms with Crippen molar-refractivity contribution in [3.05, 3.63) is 88.6 Å². The zero-order valence-corrected chi connectivity index (χ0v) is 13.7. The van der Waals surface area contributed by atoms with Crippen LogP contribution in [0.3, 0.4) is 0 Å². The molecule has 0 unspecified atom stereocenters. The van der Waals surface area contributed by atoms with E-state index in [1.165, 1.54) is 0 Å². The summed E-state index contributed by atoms with van der Waals surface area (Å²) in [5, 5.41) is 4.54. The highest BCUT2D eigenvalue weighted by atomic mass is 35.5. The summed E-state index contributed by atoms with van der Waals surface area (Å²) in [7, 11) is 0. The second-order valence-corrected chi connectivity index (χ2v) is 5.89. The van der Waals surface area contributed by atoms with Crippen LogP contribution >= 0.6 is 11.6 Å². The van der Waals surface area contributed by atoms with Crippen LogP contribution in [0.15, 0.2) is 81.9 Å². The van der Waals surface area contributed by atoms with Gasteiger partial charge in [-0.05, 0) is 42.5 Å². The Bertz CT molecular complexity index is 985. The van der Waals surface area contributed by atoms with Crippen LogP contribution in [0.2, 0.25) is 5.02 Å². The van der Waals surface area contributed by atoms with Crippen molar-refractivity contribution in [2.45, 2.75) is 0 Å². The second-order valence-electron chi connectivity index (χ2n) is 5.45. The lowest BCUT2D eigenvalue weighted by Crippen LogP contribution is -2.06. The fourth-order valence-electron chi connectivity index (χ4n) is 2.56. The molecule has 0 amide bonds. The summed E-state index contributed by atoms with van der Waals surface area (Å²) in [6.07, 6.45) is 1.64. The number of hydrogen-bond acceptors (Lipinski definition) is 4. The van der Waals surface area contributed by atoms with Crippen LogP contribution < -0.4 is 0 Å². The minimum Gasteiger partial charge on any atom is -0.457 e. The first-order valence-electron chi connectivity index (χ1n) is 7.63. The van der Waals surface area contributed by atoms with Gasteiger partial charge in [-0.3, -0.25) is 0 Å². The molecule has 3 aromatic rings. The molecule has 0 atom stereocenters. The van der Waals surface area contributed by atoms with Crippen molar-refractivity contribution >= 4 is 29.4 Å². The van der Waals surface area contributed by atoms with Crippen molar-refractivity contribution in [3.63, 3.8) is 0 Å². The molecule has 1 aromatic heterocycles. The summed E-state index contributed by atoms with van der Waals surface area (Å²) in [4.78, 5) is 16.8. The van der Waals surface area contributed by atoms with Crippen LogP contribution in [-0.4, -0.2) is 11.7 Å². The molecule has 0 aliphatic carbocycles. The molecule has 4 rings (SSSR count). The van der Waals surface area contributed by atoms with Gasteiger partial charge in [-0.15, -0.1) is 0 Å². The number of benzene rings is 2. The molecule has 0 bridgehead atoms. The van der Waals surface area contributed by atoms with Gasteiger partial charge in [-0.1, -0.05) is 47.1 Å². The minimum absolute atomic E-state index is 0.364. The van der Waals surface area contributed by atoms with Gasteiger partial charge in [0.1, 0.15) is 17.2 Å². The maximum absolute atomic E-state index is 12.0.